The van der Waals surface area contributed by atoms with E-state index in [0.29, 0.717) is 12.3 Å². The molecule has 1 amide bonds. The van der Waals surface area contributed by atoms with Gasteiger partial charge in [-0.2, -0.15) is 0 Å². The van der Waals surface area contributed by atoms with Gasteiger partial charge in [0.2, 0.25) is 0 Å². The fourth-order valence-corrected chi connectivity index (χ4v) is 1.67. The predicted molar refractivity (Wildman–Crippen MR) is 74.9 cm³/mol. The molecule has 3 N–H and O–H groups in total. The lowest BCUT2D eigenvalue weighted by Gasteiger charge is -2.08. The summed E-state index contributed by atoms with van der Waals surface area (Å²) >= 11 is 0. The Morgan fingerprint density at radius 1 is 1.20 bits per heavy atom. The number of nitrogens with two attached hydrogens (primary N) is 1. The lowest BCUT2D eigenvalue weighted by atomic mass is 10.2. The number of amides is 1. The SMILES string of the molecule is NC(=O)COc1ccc(NCc2cccc(F)c2)cc1. The van der Waals surface area contributed by atoms with Crippen molar-refractivity contribution in [1.29, 1.82) is 0 Å². The van der Waals surface area contributed by atoms with Crippen LogP contribution in [0, 0.1) is 5.82 Å². The van der Waals surface area contributed by atoms with Crippen LogP contribution >= 0.6 is 0 Å². The monoisotopic (exact) mass is 274 g/mol. The van der Waals surface area contributed by atoms with Crippen LogP contribution in [-0.4, -0.2) is 12.5 Å². The van der Waals surface area contributed by atoms with E-state index in [4.69, 9.17) is 10.5 Å². The van der Waals surface area contributed by atoms with Gasteiger partial charge in [0.15, 0.2) is 6.61 Å². The van der Waals surface area contributed by atoms with Crippen LogP contribution in [-0.2, 0) is 11.3 Å². The van der Waals surface area contributed by atoms with E-state index in [1.165, 1.54) is 12.1 Å². The molecule has 20 heavy (non-hydrogen) atoms. The summed E-state index contributed by atoms with van der Waals surface area (Å²) in [5.41, 5.74) is 6.72. The van der Waals surface area contributed by atoms with Crippen LogP contribution in [0.3, 0.4) is 0 Å². The number of halogens is 1. The van der Waals surface area contributed by atoms with Crippen LogP contribution in [0.5, 0.6) is 5.75 Å². The highest BCUT2D eigenvalue weighted by Gasteiger charge is 1.99. The standard InChI is InChI=1S/C15H15FN2O2/c16-12-3-1-2-11(8-12)9-18-13-4-6-14(7-5-13)20-10-15(17)19/h1-8,18H,9-10H2,(H2,17,19). The summed E-state index contributed by atoms with van der Waals surface area (Å²) in [6.07, 6.45) is 0. The van der Waals surface area contributed by atoms with Crippen LogP contribution < -0.4 is 15.8 Å². The van der Waals surface area contributed by atoms with Crippen LogP contribution in [0.25, 0.3) is 0 Å². The molecule has 0 aliphatic carbocycles. The number of hydrogen-bond acceptors (Lipinski definition) is 3. The second-order valence-electron chi connectivity index (χ2n) is 4.26. The number of primary amides is 1. The molecular formula is C15H15FN2O2. The highest BCUT2D eigenvalue weighted by Crippen LogP contribution is 2.16. The second kappa shape index (κ2) is 6.56. The molecule has 104 valence electrons. The number of nitrogens with one attached hydrogen (secondary N) is 1. The van der Waals surface area contributed by atoms with Gasteiger partial charge in [0.1, 0.15) is 11.6 Å². The average molecular weight is 274 g/mol. The molecule has 5 heteroatoms. The molecule has 2 aromatic rings. The fourth-order valence-electron chi connectivity index (χ4n) is 1.67. The number of anilines is 1. The first kappa shape index (κ1) is 13.9. The Hall–Kier alpha value is -2.56. The maximum atomic E-state index is 13.0. The lowest BCUT2D eigenvalue weighted by molar-refractivity contribution is -0.119. The maximum Gasteiger partial charge on any atom is 0.255 e. The summed E-state index contributed by atoms with van der Waals surface area (Å²) < 4.78 is 18.2. The molecule has 0 fully saturated rings. The van der Waals surface area contributed by atoms with E-state index in [9.17, 15) is 9.18 Å². The van der Waals surface area contributed by atoms with Gasteiger partial charge in [0, 0.05) is 12.2 Å². The van der Waals surface area contributed by atoms with Crippen molar-refractivity contribution in [2.75, 3.05) is 11.9 Å². The van der Waals surface area contributed by atoms with Crippen LogP contribution in [0.2, 0.25) is 0 Å². The van der Waals surface area contributed by atoms with Crippen molar-refractivity contribution in [3.63, 3.8) is 0 Å². The number of carbonyl (C=O) groups excluding carboxylic acids is 1. The zero-order chi connectivity index (χ0) is 14.4. The van der Waals surface area contributed by atoms with Crippen molar-refractivity contribution in [2.45, 2.75) is 6.54 Å². The van der Waals surface area contributed by atoms with E-state index >= 15 is 0 Å². The third-order valence-corrected chi connectivity index (χ3v) is 2.62. The maximum absolute atomic E-state index is 13.0. The van der Waals surface area contributed by atoms with Gasteiger partial charge >= 0.3 is 0 Å². The summed E-state index contributed by atoms with van der Waals surface area (Å²) in [7, 11) is 0. The van der Waals surface area contributed by atoms with Gasteiger partial charge in [-0.1, -0.05) is 12.1 Å². The molecule has 0 bridgehead atoms. The molecule has 0 aliphatic rings. The summed E-state index contributed by atoms with van der Waals surface area (Å²) in [4.78, 5) is 10.6. The van der Waals surface area contributed by atoms with Crippen molar-refractivity contribution in [3.05, 3.63) is 59.9 Å². The number of carbonyl (C=O) groups is 1. The van der Waals surface area contributed by atoms with E-state index in [2.05, 4.69) is 5.32 Å². The van der Waals surface area contributed by atoms with E-state index < -0.39 is 5.91 Å². The van der Waals surface area contributed by atoms with Crippen molar-refractivity contribution in [1.82, 2.24) is 0 Å². The van der Waals surface area contributed by atoms with Gasteiger partial charge in [-0.05, 0) is 42.0 Å². The van der Waals surface area contributed by atoms with E-state index in [1.54, 1.807) is 18.2 Å². The largest absolute Gasteiger partial charge is 0.484 e. The Morgan fingerprint density at radius 2 is 1.95 bits per heavy atom. The molecule has 0 spiro atoms. The molecule has 2 rings (SSSR count). The first-order valence-electron chi connectivity index (χ1n) is 6.13. The molecule has 0 unspecified atom stereocenters. The number of hydrogen-bond donors (Lipinski definition) is 2. The Balaban J connectivity index is 1.89. The second-order valence-corrected chi connectivity index (χ2v) is 4.26. The van der Waals surface area contributed by atoms with Gasteiger partial charge in [0.05, 0.1) is 0 Å². The smallest absolute Gasteiger partial charge is 0.255 e. The normalized spacial score (nSPS) is 10.1. The van der Waals surface area contributed by atoms with Crippen molar-refractivity contribution < 1.29 is 13.9 Å². The Morgan fingerprint density at radius 3 is 2.60 bits per heavy atom. The third-order valence-electron chi connectivity index (χ3n) is 2.62. The molecule has 0 saturated heterocycles. The summed E-state index contributed by atoms with van der Waals surface area (Å²) in [5, 5.41) is 3.17. The number of ether oxygens (including phenoxy) is 1. The minimum absolute atomic E-state index is 0.143. The highest BCUT2D eigenvalue weighted by molar-refractivity contribution is 5.75. The zero-order valence-corrected chi connectivity index (χ0v) is 10.8. The quantitative estimate of drug-likeness (QED) is 0.849. The number of benzene rings is 2. The van der Waals surface area contributed by atoms with Crippen LogP contribution in [0.4, 0.5) is 10.1 Å². The Bertz CT molecular complexity index is 585. The molecule has 0 aromatic heterocycles. The van der Waals surface area contributed by atoms with Gasteiger partial charge in [0.25, 0.3) is 5.91 Å². The highest BCUT2D eigenvalue weighted by atomic mass is 19.1. The third kappa shape index (κ3) is 4.28. The molecule has 0 atom stereocenters. The van der Waals surface area contributed by atoms with E-state index in [0.717, 1.165) is 11.3 Å². The van der Waals surface area contributed by atoms with Crippen molar-refractivity contribution >= 4 is 11.6 Å². The van der Waals surface area contributed by atoms with Gasteiger partial charge in [-0.25, -0.2) is 4.39 Å². The van der Waals surface area contributed by atoms with Gasteiger partial charge in [-0.3, -0.25) is 4.79 Å². The topological polar surface area (TPSA) is 64.4 Å². The van der Waals surface area contributed by atoms with E-state index in [1.807, 2.05) is 18.2 Å². The van der Waals surface area contributed by atoms with Gasteiger partial charge < -0.3 is 15.8 Å². The minimum atomic E-state index is -0.515. The summed E-state index contributed by atoms with van der Waals surface area (Å²) in [6.45, 7) is 0.384. The molecule has 0 saturated carbocycles. The van der Waals surface area contributed by atoms with Gasteiger partial charge in [-0.15, -0.1) is 0 Å². The van der Waals surface area contributed by atoms with Crippen molar-refractivity contribution in [2.24, 2.45) is 5.73 Å². The first-order chi connectivity index (χ1) is 9.63. The van der Waals surface area contributed by atoms with E-state index in [-0.39, 0.29) is 12.4 Å². The summed E-state index contributed by atoms with van der Waals surface area (Å²) in [6, 6.07) is 13.5. The molecule has 0 heterocycles. The fraction of sp³-hybridized carbons (Fsp3) is 0.133. The van der Waals surface area contributed by atoms with Crippen LogP contribution in [0.15, 0.2) is 48.5 Å². The first-order valence-corrected chi connectivity index (χ1v) is 6.13. The molecule has 0 radical (unpaired) electrons. The lowest BCUT2D eigenvalue weighted by Crippen LogP contribution is -2.19. The zero-order valence-electron chi connectivity index (χ0n) is 10.8. The molecule has 2 aromatic carbocycles. The summed E-state index contributed by atoms with van der Waals surface area (Å²) in [5.74, 6) is -0.196. The average Bonchev–Trinajstić information content (AvgIpc) is 2.44. The minimum Gasteiger partial charge on any atom is -0.484 e. The molecular weight excluding hydrogens is 259 g/mol. The molecule has 4 nitrogen and oxygen atoms in total. The Labute approximate surface area is 116 Å². The van der Waals surface area contributed by atoms with Crippen molar-refractivity contribution in [3.8, 4) is 5.75 Å². The number of rotatable bonds is 6. The Kier molecular flexibility index (Phi) is 4.55. The van der Waals surface area contributed by atoms with Crippen LogP contribution in [0.1, 0.15) is 5.56 Å². The predicted octanol–water partition coefficient (Wildman–Crippen LogP) is 2.30. The molecule has 0 aliphatic heterocycles.